The zero-order valence-corrected chi connectivity index (χ0v) is 11.2. The van der Waals surface area contributed by atoms with Crippen LogP contribution in [0.15, 0.2) is 12.2 Å². The van der Waals surface area contributed by atoms with Crippen LogP contribution in [0.2, 0.25) is 0 Å². The highest BCUT2D eigenvalue weighted by atomic mass is 16.1. The van der Waals surface area contributed by atoms with Crippen molar-refractivity contribution in [2.24, 2.45) is 5.92 Å². The summed E-state index contributed by atoms with van der Waals surface area (Å²) in [4.78, 5) is 14.1. The van der Waals surface area contributed by atoms with E-state index in [2.05, 4.69) is 29.8 Å². The summed E-state index contributed by atoms with van der Waals surface area (Å²) in [5, 5.41) is 11.7. The molecule has 0 bridgehead atoms. The molecule has 18 heavy (non-hydrogen) atoms. The molecular formula is C14H23N3O. The predicted molar refractivity (Wildman–Crippen MR) is 71.8 cm³/mol. The molecule has 0 atom stereocenters. The number of rotatable bonds is 6. The molecule has 0 aromatic heterocycles. The van der Waals surface area contributed by atoms with Crippen LogP contribution in [-0.2, 0) is 4.79 Å². The van der Waals surface area contributed by atoms with Crippen molar-refractivity contribution < 1.29 is 4.79 Å². The van der Waals surface area contributed by atoms with Crippen LogP contribution >= 0.6 is 0 Å². The molecule has 1 aliphatic rings. The topological polar surface area (TPSA) is 56.1 Å². The van der Waals surface area contributed by atoms with Crippen molar-refractivity contribution in [3.05, 3.63) is 12.2 Å². The molecule has 0 unspecified atom stereocenters. The van der Waals surface area contributed by atoms with E-state index in [9.17, 15) is 4.79 Å². The Morgan fingerprint density at radius 1 is 1.50 bits per heavy atom. The summed E-state index contributed by atoms with van der Waals surface area (Å²) in [5.74, 6) is 0.343. The van der Waals surface area contributed by atoms with Gasteiger partial charge in [-0.15, -0.1) is 0 Å². The molecule has 0 aromatic carbocycles. The monoisotopic (exact) mass is 249 g/mol. The third-order valence-corrected chi connectivity index (χ3v) is 3.36. The molecule has 0 aromatic rings. The lowest BCUT2D eigenvalue weighted by molar-refractivity contribution is -0.126. The number of carbonyl (C=O) groups is 1. The van der Waals surface area contributed by atoms with Gasteiger partial charge in [0, 0.05) is 24.6 Å². The standard InChI is InChI=1S/C14H23N3O/c1-3-4-7-16-14(18)13-5-8-17(9-6-13)11-12(2)10-15/h13H,2-9,11H2,1H3,(H,16,18). The summed E-state index contributed by atoms with van der Waals surface area (Å²) in [6, 6.07) is 2.07. The number of carbonyl (C=O) groups excluding carboxylic acids is 1. The van der Waals surface area contributed by atoms with Crippen molar-refractivity contribution >= 4 is 5.91 Å². The lowest BCUT2D eigenvalue weighted by atomic mass is 9.95. The largest absolute Gasteiger partial charge is 0.356 e. The molecule has 1 heterocycles. The first-order valence-corrected chi connectivity index (χ1v) is 6.75. The van der Waals surface area contributed by atoms with Gasteiger partial charge < -0.3 is 5.32 Å². The Bertz CT molecular complexity index is 324. The molecule has 1 amide bonds. The number of nitrogens with one attached hydrogen (secondary N) is 1. The second kappa shape index (κ2) is 7.88. The van der Waals surface area contributed by atoms with Crippen LogP contribution in [0, 0.1) is 17.2 Å². The number of likely N-dealkylation sites (tertiary alicyclic amines) is 1. The van der Waals surface area contributed by atoms with E-state index in [1.807, 2.05) is 0 Å². The van der Waals surface area contributed by atoms with Gasteiger partial charge in [-0.2, -0.15) is 5.26 Å². The normalized spacial score (nSPS) is 17.1. The fourth-order valence-electron chi connectivity index (χ4n) is 2.19. The van der Waals surface area contributed by atoms with Gasteiger partial charge in [-0.1, -0.05) is 19.9 Å². The van der Waals surface area contributed by atoms with Gasteiger partial charge in [0.15, 0.2) is 0 Å². The fraction of sp³-hybridized carbons (Fsp3) is 0.714. The Kier molecular flexibility index (Phi) is 6.45. The molecule has 1 N–H and O–H groups in total. The molecule has 0 saturated carbocycles. The SMILES string of the molecule is C=C(C#N)CN1CCC(C(=O)NCCCC)CC1. The zero-order chi connectivity index (χ0) is 13.4. The highest BCUT2D eigenvalue weighted by Gasteiger charge is 2.24. The molecule has 1 saturated heterocycles. The molecule has 0 radical (unpaired) electrons. The van der Waals surface area contributed by atoms with E-state index in [0.29, 0.717) is 12.1 Å². The number of hydrogen-bond acceptors (Lipinski definition) is 3. The van der Waals surface area contributed by atoms with Crippen molar-refractivity contribution in [2.45, 2.75) is 32.6 Å². The maximum absolute atomic E-state index is 11.9. The quantitative estimate of drug-likeness (QED) is 0.576. The van der Waals surface area contributed by atoms with Crippen LogP contribution in [0.5, 0.6) is 0 Å². The number of nitriles is 1. The average Bonchev–Trinajstić information content (AvgIpc) is 2.39. The van der Waals surface area contributed by atoms with Gasteiger partial charge in [0.25, 0.3) is 0 Å². The molecular weight excluding hydrogens is 226 g/mol. The summed E-state index contributed by atoms with van der Waals surface area (Å²) in [7, 11) is 0. The molecule has 1 aliphatic heterocycles. The van der Waals surface area contributed by atoms with Crippen LogP contribution in [0.4, 0.5) is 0 Å². The van der Waals surface area contributed by atoms with Crippen LogP contribution in [0.25, 0.3) is 0 Å². The second-order valence-electron chi connectivity index (χ2n) is 4.91. The lowest BCUT2D eigenvalue weighted by Crippen LogP contribution is -2.41. The van der Waals surface area contributed by atoms with Crippen LogP contribution in [0.3, 0.4) is 0 Å². The number of nitrogens with zero attached hydrogens (tertiary/aromatic N) is 2. The van der Waals surface area contributed by atoms with E-state index >= 15 is 0 Å². The van der Waals surface area contributed by atoms with Crippen LogP contribution in [-0.4, -0.2) is 37.0 Å². The van der Waals surface area contributed by atoms with Gasteiger partial charge in [-0.05, 0) is 32.4 Å². The minimum absolute atomic E-state index is 0.147. The summed E-state index contributed by atoms with van der Waals surface area (Å²) < 4.78 is 0. The van der Waals surface area contributed by atoms with Crippen molar-refractivity contribution in [1.29, 1.82) is 5.26 Å². The van der Waals surface area contributed by atoms with Crippen molar-refractivity contribution in [1.82, 2.24) is 10.2 Å². The smallest absolute Gasteiger partial charge is 0.223 e. The van der Waals surface area contributed by atoms with Crippen molar-refractivity contribution in [2.75, 3.05) is 26.2 Å². The van der Waals surface area contributed by atoms with Gasteiger partial charge in [0.1, 0.15) is 0 Å². The number of amides is 1. The number of unbranched alkanes of at least 4 members (excludes halogenated alkanes) is 1. The summed E-state index contributed by atoms with van der Waals surface area (Å²) in [6.07, 6.45) is 3.93. The Labute approximate surface area is 110 Å². The van der Waals surface area contributed by atoms with Crippen molar-refractivity contribution in [3.63, 3.8) is 0 Å². The first-order chi connectivity index (χ1) is 8.67. The van der Waals surface area contributed by atoms with Gasteiger partial charge in [0.05, 0.1) is 6.07 Å². The van der Waals surface area contributed by atoms with Crippen molar-refractivity contribution in [3.8, 4) is 6.07 Å². The molecule has 0 spiro atoms. The Morgan fingerprint density at radius 3 is 2.72 bits per heavy atom. The lowest BCUT2D eigenvalue weighted by Gasteiger charge is -2.30. The molecule has 1 rings (SSSR count). The minimum Gasteiger partial charge on any atom is -0.356 e. The first kappa shape index (κ1) is 14.7. The van der Waals surface area contributed by atoms with E-state index in [-0.39, 0.29) is 11.8 Å². The van der Waals surface area contributed by atoms with E-state index in [0.717, 1.165) is 45.3 Å². The molecule has 1 fully saturated rings. The van der Waals surface area contributed by atoms with E-state index in [4.69, 9.17) is 5.26 Å². The van der Waals surface area contributed by atoms with Gasteiger partial charge in [-0.25, -0.2) is 0 Å². The molecule has 4 heteroatoms. The van der Waals surface area contributed by atoms with Crippen LogP contribution in [0.1, 0.15) is 32.6 Å². The highest BCUT2D eigenvalue weighted by Crippen LogP contribution is 2.17. The van der Waals surface area contributed by atoms with E-state index in [1.165, 1.54) is 0 Å². The third kappa shape index (κ3) is 4.89. The van der Waals surface area contributed by atoms with Gasteiger partial charge >= 0.3 is 0 Å². The van der Waals surface area contributed by atoms with Gasteiger partial charge in [0.2, 0.25) is 5.91 Å². The number of hydrogen-bond donors (Lipinski definition) is 1. The van der Waals surface area contributed by atoms with E-state index < -0.39 is 0 Å². The summed E-state index contributed by atoms with van der Waals surface area (Å²) in [5.41, 5.74) is 0.598. The minimum atomic E-state index is 0.147. The first-order valence-electron chi connectivity index (χ1n) is 6.75. The maximum Gasteiger partial charge on any atom is 0.223 e. The maximum atomic E-state index is 11.9. The predicted octanol–water partition coefficient (Wildman–Crippen LogP) is 1.69. The zero-order valence-electron chi connectivity index (χ0n) is 11.2. The average molecular weight is 249 g/mol. The number of piperidine rings is 1. The second-order valence-corrected chi connectivity index (χ2v) is 4.91. The Morgan fingerprint density at radius 2 is 2.17 bits per heavy atom. The highest BCUT2D eigenvalue weighted by molar-refractivity contribution is 5.78. The molecule has 4 nitrogen and oxygen atoms in total. The van der Waals surface area contributed by atoms with Gasteiger partial charge in [-0.3, -0.25) is 9.69 Å². The Balaban J connectivity index is 2.24. The summed E-state index contributed by atoms with van der Waals surface area (Å²) >= 11 is 0. The van der Waals surface area contributed by atoms with Crippen LogP contribution < -0.4 is 5.32 Å². The molecule has 0 aliphatic carbocycles. The summed E-state index contributed by atoms with van der Waals surface area (Å²) in [6.45, 7) is 9.00. The Hall–Kier alpha value is -1.34. The molecule has 100 valence electrons. The third-order valence-electron chi connectivity index (χ3n) is 3.36. The fourth-order valence-corrected chi connectivity index (χ4v) is 2.19. The van der Waals surface area contributed by atoms with E-state index in [1.54, 1.807) is 0 Å².